The summed E-state index contributed by atoms with van der Waals surface area (Å²) in [5, 5.41) is 34.4. The van der Waals surface area contributed by atoms with E-state index >= 15 is 0 Å². The normalized spacial score (nSPS) is 30.6. The molecule has 560 valence electrons. The van der Waals surface area contributed by atoms with Crippen LogP contribution in [-0.4, -0.2) is 133 Å². The van der Waals surface area contributed by atoms with Gasteiger partial charge in [-0.1, -0.05) is 34.6 Å². The van der Waals surface area contributed by atoms with Crippen LogP contribution in [-0.2, 0) is 98.4 Å². The number of imidazole rings is 1. The number of hydrogen-bond donors (Lipinski definition) is 10. The number of aliphatic hydroxyl groups is 2. The number of halogens is 2. The van der Waals surface area contributed by atoms with E-state index in [1.807, 2.05) is 87.4 Å². The molecule has 1 aromatic heterocycles. The Kier molecular flexibility index (Phi) is 35.9. The summed E-state index contributed by atoms with van der Waals surface area (Å²) in [5.74, 6) is -7.24. The standard InChI is InChI=1S/C62H90N13O14P.CN.2CO.2BrH.Co.H2O.Re/c1-29-20-39-40(21-30(29)2)75(28-70-39)57-52(84)53(41(27-76)87-57)89-90(85,86)88-31(3)26-69-49(83)18-19-59(8)37(22-46(66)80)56-62(11)61(10,25-48(68)82)36(14-17-45(65)79)51(74-62)33(5)55-60(9,24-47(67)81)34(12-15-43(63)77)38(71-55)23-42-58(6,7)35(13-16-44(64)78)50(72-42)32(4)54(59)73-56;3*1-2;;;;;/h20-21,23,28,31,34-37,41,52-53,56-57,71,76,84H,12-19,22,24-27H2,1-11H3,(H2,63,77)(H2,64,78)(H2,65,79)(H2,66,80)(H2,67,81)(H2,68,82)(H,69,83)(H,85,86);;;;2*1H;;1H2;/q;-1;;;;;+2;;/p-3/b38-23-,50-32-,55-33-;;;;;;;;/t31-,34-,35-,36-,37+,41-,52-,53-,56-,57+,59-,60+,61+,62+;;;;;;;;/m1......../s1. The topological polar surface area (TPSA) is 558 Å². The van der Waals surface area contributed by atoms with Gasteiger partial charge in [0.25, 0.3) is 7.82 Å². The van der Waals surface area contributed by atoms with Crippen molar-refractivity contribution in [1.82, 2.24) is 20.2 Å². The van der Waals surface area contributed by atoms with Crippen LogP contribution in [0, 0.1) is 84.3 Å². The zero-order valence-corrected chi connectivity index (χ0v) is 65.8. The van der Waals surface area contributed by atoms with Gasteiger partial charge < -0.3 is 130 Å². The molecule has 0 aliphatic carbocycles. The van der Waals surface area contributed by atoms with E-state index in [1.165, 1.54) is 17.8 Å². The van der Waals surface area contributed by atoms with Crippen molar-refractivity contribution < 1.29 is 153 Å². The number of aliphatic hydroxyl groups excluding tert-OH is 2. The van der Waals surface area contributed by atoms with Crippen LogP contribution in [0.4, 0.5) is 0 Å². The second-order valence-electron chi connectivity index (χ2n) is 27.1. The molecule has 1 aromatic carbocycles. The van der Waals surface area contributed by atoms with E-state index in [2.05, 4.69) is 28.9 Å². The summed E-state index contributed by atoms with van der Waals surface area (Å²) in [6.45, 7) is 32.8. The van der Waals surface area contributed by atoms with Crippen molar-refractivity contribution in [3.05, 3.63) is 83.8 Å². The van der Waals surface area contributed by atoms with Gasteiger partial charge in [0.05, 0.1) is 41.7 Å². The molecule has 1 unspecified atom stereocenters. The third kappa shape index (κ3) is 19.7. The first-order valence-electron chi connectivity index (χ1n) is 31.2. The van der Waals surface area contributed by atoms with Crippen LogP contribution in [0.25, 0.3) is 11.0 Å². The molecule has 7 amide bonds. The van der Waals surface area contributed by atoms with E-state index < -0.39 is 143 Å². The second-order valence-corrected chi connectivity index (χ2v) is 28.4. The maximum atomic E-state index is 14.4. The van der Waals surface area contributed by atoms with Crippen LogP contribution in [0.5, 0.6) is 0 Å². The van der Waals surface area contributed by atoms with Crippen LogP contribution >= 0.6 is 7.82 Å². The number of benzene rings is 1. The fraction of sp³-hybridized carbons (Fsp3) is 0.600. The minimum Gasteiger partial charge on any atom is 0 e. The molecule has 8 bridgehead atoms. The second kappa shape index (κ2) is 38.2. The minimum atomic E-state index is -5.32. The van der Waals surface area contributed by atoms with Crippen molar-refractivity contribution in [2.24, 2.45) is 94.7 Å². The first-order valence-corrected chi connectivity index (χ1v) is 32.6. The van der Waals surface area contributed by atoms with Gasteiger partial charge in [-0.3, -0.25) is 53.1 Å². The van der Waals surface area contributed by atoms with Crippen LogP contribution in [0.1, 0.15) is 150 Å². The van der Waals surface area contributed by atoms with Gasteiger partial charge in [-0.2, -0.15) is 0 Å². The Labute approximate surface area is 632 Å². The van der Waals surface area contributed by atoms with Crippen molar-refractivity contribution in [2.45, 2.75) is 189 Å². The summed E-state index contributed by atoms with van der Waals surface area (Å²) in [4.78, 5) is 128. The number of nitrogens with two attached hydrogens (primary N) is 6. The summed E-state index contributed by atoms with van der Waals surface area (Å²) in [7, 11) is -5.32. The molecule has 7 heterocycles. The molecule has 15 atom stereocenters. The zero-order chi connectivity index (χ0) is 72.7. The van der Waals surface area contributed by atoms with Crippen LogP contribution in [0.2, 0.25) is 0 Å². The summed E-state index contributed by atoms with van der Waals surface area (Å²) in [6.07, 6.45) is -4.57. The quantitative estimate of drug-likeness (QED) is 0.0242. The Bertz CT molecular complexity index is 3720. The number of aliphatic imine (C=N–C) groups is 3. The number of ether oxygens (including phenoxy) is 1. The Morgan fingerprint density at radius 2 is 1.35 bits per heavy atom. The molecule has 18 N–H and O–H groups in total. The fourth-order valence-corrected chi connectivity index (χ4v) is 16.6. The number of allylic oxidation sites excluding steroid dienone is 6. The van der Waals surface area contributed by atoms with Crippen molar-refractivity contribution in [1.29, 1.82) is 5.26 Å². The number of phosphoric acid groups is 1. The molecule has 2 radical (unpaired) electrons. The van der Waals surface area contributed by atoms with Crippen LogP contribution in [0.15, 0.2) is 67.8 Å². The van der Waals surface area contributed by atoms with Gasteiger partial charge in [-0.25, -0.2) is 4.98 Å². The van der Waals surface area contributed by atoms with E-state index in [4.69, 9.17) is 84.3 Å². The number of rotatable bonds is 26. The molecule has 0 spiro atoms. The van der Waals surface area contributed by atoms with E-state index in [9.17, 15) is 53.2 Å². The Hall–Kier alpha value is -5.94. The number of phosphoric ester groups is 1. The molecule has 31 nitrogen and oxygen atoms in total. The number of hydrogen-bond acceptors (Lipinski definition) is 20. The third-order valence-electron chi connectivity index (χ3n) is 20.6. The average Bonchev–Trinajstić information content (AvgIpc) is 1.53. The summed E-state index contributed by atoms with van der Waals surface area (Å²) in [6, 6.07) is 2.67. The first-order chi connectivity index (χ1) is 44.8. The van der Waals surface area contributed by atoms with E-state index in [-0.39, 0.29) is 154 Å². The smallest absolute Gasteiger partial charge is 0 e. The summed E-state index contributed by atoms with van der Waals surface area (Å²) < 4.78 is 46.9. The van der Waals surface area contributed by atoms with Crippen molar-refractivity contribution in [2.75, 3.05) is 13.2 Å². The number of amides is 7. The van der Waals surface area contributed by atoms with Crippen molar-refractivity contribution in [3.63, 3.8) is 0 Å². The van der Waals surface area contributed by atoms with Gasteiger partial charge in [-0.15, -0.1) is 0 Å². The molecule has 8 rings (SSSR count). The fourth-order valence-electron chi connectivity index (χ4n) is 15.4. The Morgan fingerprint density at radius 3 is 1.87 bits per heavy atom. The van der Waals surface area contributed by atoms with E-state index in [0.29, 0.717) is 56.4 Å². The molecule has 0 saturated carbocycles. The Balaban J connectivity index is 0.00000885. The number of carbonyl (C=O) groups is 7. The minimum absolute atomic E-state index is 0. The molecule has 2 aromatic rings. The van der Waals surface area contributed by atoms with Crippen molar-refractivity contribution in [3.8, 4) is 0 Å². The van der Waals surface area contributed by atoms with Gasteiger partial charge >= 0.3 is 39.4 Å². The maximum absolute atomic E-state index is 14.4. The number of fused-ring (bicyclic) bond motifs is 7. The van der Waals surface area contributed by atoms with Gasteiger partial charge in [0.15, 0.2) is 6.23 Å². The molecular formula is C65H91Br2CoN14O17PRe-2. The SMILES string of the molecule is C/C1=C2N=C(/C=C3\N/C(=C(/C)C4=N[C@@](C)([C@@H]5N=C1[C@](C)(CCC(=O)NC[C@@H](C)OP(=O)([O-])O[C@H]1[C@@H](O)[C@@H](n6cnc7cc(C)c(C)cc76)O[C@@H]1CO)[C@H]5CC(N)=O)[C@@](C)(CC(N)=O)[C@@H]4CCC(N)=O)[C@@](C)(CC(N)=O)[C@@H]3CCC(N)=O)C(C)(C)[C@@H]/2CCC(N)=O.O.[Br-].[Br-].[C-]#N.[C-]#[O+].[C-]#[O+].[Co+2].[Re]. The number of nitrogens with one attached hydrogen (secondary N) is 2. The molecule has 6 aliphatic heterocycles. The summed E-state index contributed by atoms with van der Waals surface area (Å²) in [5.41, 5.74) is 37.2. The largest absolute Gasteiger partial charge is 2.00 e. The van der Waals surface area contributed by atoms with Crippen LogP contribution < -0.4 is 83.9 Å². The first kappa shape index (κ1) is 95.1. The molecule has 2 saturated heterocycles. The molecule has 101 heavy (non-hydrogen) atoms. The monoisotopic (exact) mass is 1770 g/mol. The summed E-state index contributed by atoms with van der Waals surface area (Å²) >= 11 is 0. The predicted molar refractivity (Wildman–Crippen MR) is 348 cm³/mol. The average molecular weight is 1780 g/mol. The Morgan fingerprint density at radius 1 is 0.812 bits per heavy atom. The molecule has 2 fully saturated rings. The van der Waals surface area contributed by atoms with Crippen LogP contribution in [0.3, 0.4) is 0 Å². The van der Waals surface area contributed by atoms with E-state index in [1.54, 1.807) is 0 Å². The van der Waals surface area contributed by atoms with Gasteiger partial charge in [0, 0.05) is 151 Å². The predicted octanol–water partition coefficient (Wildman–Crippen LogP) is -4.27. The zero-order valence-electron chi connectivity index (χ0n) is 57.9. The number of carbonyl (C=O) groups excluding carboxylic acids is 7. The number of primary amides is 6. The number of aromatic nitrogens is 2. The molecule has 36 heteroatoms. The van der Waals surface area contributed by atoms with Gasteiger partial charge in [-0.05, 0) is 108 Å². The molecular weight excluding hydrogens is 1680 g/mol. The number of nitrogens with zero attached hydrogens (tertiary/aromatic N) is 6. The molecule has 6 aliphatic rings. The maximum Gasteiger partial charge on any atom is 2.00 e. The van der Waals surface area contributed by atoms with Gasteiger partial charge in [0.1, 0.15) is 18.3 Å². The third-order valence-corrected chi connectivity index (χ3v) is 21.7. The number of aryl methyl sites for hydroxylation is 2. The van der Waals surface area contributed by atoms with Crippen molar-refractivity contribution >= 4 is 77.3 Å². The van der Waals surface area contributed by atoms with Gasteiger partial charge in [0.2, 0.25) is 41.4 Å². The van der Waals surface area contributed by atoms with E-state index in [0.717, 1.165) is 11.1 Å².